The highest BCUT2D eigenvalue weighted by Crippen LogP contribution is 2.29. The second-order valence-electron chi connectivity index (χ2n) is 7.54. The van der Waals surface area contributed by atoms with Gasteiger partial charge < -0.3 is 21.3 Å². The van der Waals surface area contributed by atoms with Crippen LogP contribution in [0.25, 0.3) is 0 Å². The zero-order valence-electron chi connectivity index (χ0n) is 16.5. The van der Waals surface area contributed by atoms with Crippen molar-refractivity contribution < 1.29 is 18.8 Å². The molecular weight excluding hydrogens is 425 g/mol. The number of hydrogen-bond acceptors (Lipinski definition) is 5. The summed E-state index contributed by atoms with van der Waals surface area (Å²) in [6, 6.07) is 10.8. The summed E-state index contributed by atoms with van der Waals surface area (Å²) in [5.74, 6) is -3.20. The van der Waals surface area contributed by atoms with Gasteiger partial charge in [0, 0.05) is 22.8 Å². The van der Waals surface area contributed by atoms with Crippen LogP contribution in [-0.4, -0.2) is 30.2 Å². The van der Waals surface area contributed by atoms with Crippen molar-refractivity contribution in [2.24, 2.45) is 11.8 Å². The first-order chi connectivity index (χ1) is 14.8. The minimum Gasteiger partial charge on any atom is -0.353 e. The van der Waals surface area contributed by atoms with Gasteiger partial charge in [0.1, 0.15) is 5.82 Å². The van der Waals surface area contributed by atoms with Crippen LogP contribution < -0.4 is 26.6 Å². The van der Waals surface area contributed by atoms with Crippen LogP contribution in [0.15, 0.2) is 42.5 Å². The number of carbonyl (C=O) groups is 3. The van der Waals surface area contributed by atoms with Crippen molar-refractivity contribution in [3.63, 3.8) is 0 Å². The van der Waals surface area contributed by atoms with Crippen molar-refractivity contribution in [1.82, 2.24) is 16.0 Å². The smallest absolute Gasteiger partial charge is 0.229 e. The molecule has 5 N–H and O–H groups in total. The van der Waals surface area contributed by atoms with Gasteiger partial charge in [-0.05, 0) is 48.9 Å². The third-order valence-corrected chi connectivity index (χ3v) is 5.88. The molecule has 0 saturated carbocycles. The van der Waals surface area contributed by atoms with Gasteiger partial charge in [0.15, 0.2) is 6.29 Å². The maximum atomic E-state index is 13.1. The van der Waals surface area contributed by atoms with E-state index < -0.39 is 30.2 Å². The van der Waals surface area contributed by atoms with Gasteiger partial charge in [-0.15, -0.1) is 0 Å². The minimum atomic E-state index is -0.864. The summed E-state index contributed by atoms with van der Waals surface area (Å²) in [6.45, 7) is 1.77. The average Bonchev–Trinajstić information content (AvgIpc) is 2.72. The van der Waals surface area contributed by atoms with Gasteiger partial charge in [0.2, 0.25) is 17.7 Å². The van der Waals surface area contributed by atoms with Crippen LogP contribution in [0.4, 0.5) is 15.8 Å². The van der Waals surface area contributed by atoms with E-state index in [1.54, 1.807) is 25.1 Å². The first-order valence-corrected chi connectivity index (χ1v) is 10.1. The molecule has 31 heavy (non-hydrogen) atoms. The van der Waals surface area contributed by atoms with Crippen molar-refractivity contribution in [2.45, 2.75) is 25.8 Å². The molecule has 2 aromatic carbocycles. The fourth-order valence-electron chi connectivity index (χ4n) is 3.83. The Morgan fingerprint density at radius 1 is 1.13 bits per heavy atom. The number of nitrogens with one attached hydrogen (secondary N) is 5. The van der Waals surface area contributed by atoms with Gasteiger partial charge in [-0.2, -0.15) is 0 Å². The molecule has 2 aliphatic rings. The van der Waals surface area contributed by atoms with Gasteiger partial charge in [0.25, 0.3) is 0 Å². The Balaban J connectivity index is 1.49. The van der Waals surface area contributed by atoms with Crippen LogP contribution in [0.5, 0.6) is 0 Å². The number of anilines is 2. The molecule has 8 nitrogen and oxygen atoms in total. The summed E-state index contributed by atoms with van der Waals surface area (Å²) in [5.41, 5.74) is 1.80. The van der Waals surface area contributed by atoms with Crippen molar-refractivity contribution in [3.05, 3.63) is 58.9 Å². The van der Waals surface area contributed by atoms with Crippen molar-refractivity contribution in [1.29, 1.82) is 0 Å². The Bertz CT molecular complexity index is 1030. The molecule has 2 aromatic rings. The van der Waals surface area contributed by atoms with Crippen LogP contribution in [0.1, 0.15) is 12.0 Å². The van der Waals surface area contributed by atoms with E-state index in [0.717, 1.165) is 0 Å². The molecule has 162 valence electrons. The molecule has 0 spiro atoms. The van der Waals surface area contributed by atoms with E-state index in [4.69, 9.17) is 11.6 Å². The summed E-state index contributed by atoms with van der Waals surface area (Å²) in [6.07, 6.45) is -1.57. The lowest BCUT2D eigenvalue weighted by atomic mass is 9.81. The fraction of sp³-hybridized carbons (Fsp3) is 0.286. The van der Waals surface area contributed by atoms with Crippen LogP contribution in [0.2, 0.25) is 5.02 Å². The fourth-order valence-corrected chi connectivity index (χ4v) is 4.01. The van der Waals surface area contributed by atoms with E-state index in [-0.39, 0.29) is 24.1 Å². The lowest BCUT2D eigenvalue weighted by Crippen LogP contribution is -2.72. The standard InChI is InChI=1S/C21H21ClFN5O3/c1-10-14(22)3-2-4-15(10)25-19(30)13-9-16(29)26-18-17(13)20(31)28-21(27-18)24-12-7-5-11(23)6-8-12/h2-8,13,17-18,21,24,27H,9H2,1H3,(H,25,30)(H,26,29)(H,28,31). The SMILES string of the molecule is Cc1c(Cl)cccc1NC(=O)C1CC(=O)NC2NC(Nc3ccc(F)cc3)NC(=O)C21. The van der Waals surface area contributed by atoms with Crippen LogP contribution in [0, 0.1) is 24.6 Å². The molecule has 10 heteroatoms. The van der Waals surface area contributed by atoms with E-state index >= 15 is 0 Å². The highest BCUT2D eigenvalue weighted by atomic mass is 35.5. The van der Waals surface area contributed by atoms with Gasteiger partial charge in [-0.1, -0.05) is 17.7 Å². The summed E-state index contributed by atoms with van der Waals surface area (Å²) < 4.78 is 13.1. The highest BCUT2D eigenvalue weighted by Gasteiger charge is 2.48. The monoisotopic (exact) mass is 445 g/mol. The number of rotatable bonds is 4. The topological polar surface area (TPSA) is 111 Å². The Kier molecular flexibility index (Phi) is 5.79. The van der Waals surface area contributed by atoms with E-state index in [2.05, 4.69) is 26.6 Å². The van der Waals surface area contributed by atoms with Gasteiger partial charge in [0.05, 0.1) is 18.0 Å². The summed E-state index contributed by atoms with van der Waals surface area (Å²) in [5, 5.41) is 14.9. The van der Waals surface area contributed by atoms with Crippen molar-refractivity contribution >= 4 is 40.7 Å². The van der Waals surface area contributed by atoms with Crippen LogP contribution in [0.3, 0.4) is 0 Å². The predicted molar refractivity (Wildman–Crippen MR) is 113 cm³/mol. The number of amides is 3. The van der Waals surface area contributed by atoms with Crippen molar-refractivity contribution in [2.75, 3.05) is 10.6 Å². The molecule has 2 fully saturated rings. The molecule has 0 aliphatic carbocycles. The molecule has 0 aromatic heterocycles. The maximum Gasteiger partial charge on any atom is 0.229 e. The summed E-state index contributed by atoms with van der Waals surface area (Å²) in [4.78, 5) is 38.1. The molecule has 4 rings (SSSR count). The Morgan fingerprint density at radius 2 is 1.87 bits per heavy atom. The second-order valence-corrected chi connectivity index (χ2v) is 7.95. The van der Waals surface area contributed by atoms with Crippen LogP contribution in [-0.2, 0) is 14.4 Å². The number of hydrogen-bond donors (Lipinski definition) is 5. The molecule has 0 radical (unpaired) electrons. The number of carbonyl (C=O) groups excluding carboxylic acids is 3. The van der Waals surface area contributed by atoms with E-state index in [0.29, 0.717) is 22.0 Å². The zero-order valence-corrected chi connectivity index (χ0v) is 17.3. The Morgan fingerprint density at radius 3 is 2.61 bits per heavy atom. The Labute approximate surface area is 182 Å². The third-order valence-electron chi connectivity index (χ3n) is 5.47. The molecule has 2 aliphatic heterocycles. The van der Waals surface area contributed by atoms with E-state index in [1.165, 1.54) is 24.3 Å². The highest BCUT2D eigenvalue weighted by molar-refractivity contribution is 6.31. The molecule has 4 unspecified atom stereocenters. The molecule has 2 heterocycles. The molecule has 0 bridgehead atoms. The molecule has 2 saturated heterocycles. The second kappa shape index (κ2) is 8.52. The van der Waals surface area contributed by atoms with Gasteiger partial charge in [-0.25, -0.2) is 4.39 Å². The van der Waals surface area contributed by atoms with Gasteiger partial charge in [-0.3, -0.25) is 19.7 Å². The average molecular weight is 446 g/mol. The largest absolute Gasteiger partial charge is 0.353 e. The summed E-state index contributed by atoms with van der Waals surface area (Å²) in [7, 11) is 0. The zero-order chi connectivity index (χ0) is 22.1. The first kappa shape index (κ1) is 21.1. The minimum absolute atomic E-state index is 0.113. The summed E-state index contributed by atoms with van der Waals surface area (Å²) >= 11 is 6.11. The lowest BCUT2D eigenvalue weighted by molar-refractivity contribution is -0.144. The van der Waals surface area contributed by atoms with E-state index in [9.17, 15) is 18.8 Å². The number of halogens is 2. The number of fused-ring (bicyclic) bond motifs is 1. The normalized spacial score (nSPS) is 25.1. The molecule has 3 amide bonds. The predicted octanol–water partition coefficient (Wildman–Crippen LogP) is 1.92. The lowest BCUT2D eigenvalue weighted by Gasteiger charge is -2.43. The maximum absolute atomic E-state index is 13.1. The molecular formula is C21H21ClFN5O3. The quantitative estimate of drug-likeness (QED) is 0.493. The van der Waals surface area contributed by atoms with E-state index in [1.807, 2.05) is 0 Å². The van der Waals surface area contributed by atoms with Crippen LogP contribution >= 0.6 is 11.6 Å². The number of benzene rings is 2. The molecule has 4 atom stereocenters. The first-order valence-electron chi connectivity index (χ1n) is 9.75. The van der Waals surface area contributed by atoms with Crippen molar-refractivity contribution in [3.8, 4) is 0 Å². The third kappa shape index (κ3) is 4.47. The van der Waals surface area contributed by atoms with Gasteiger partial charge >= 0.3 is 0 Å². The number of piperidine rings is 1. The Hall–Kier alpha value is -3.17.